The van der Waals surface area contributed by atoms with Crippen LogP contribution in [-0.4, -0.2) is 20.4 Å². The van der Waals surface area contributed by atoms with Gasteiger partial charge in [0, 0.05) is 42.4 Å². The van der Waals surface area contributed by atoms with Crippen molar-refractivity contribution in [2.45, 2.75) is 10.3 Å². The van der Waals surface area contributed by atoms with Crippen LogP contribution in [0.25, 0.3) is 0 Å². The predicted molar refractivity (Wildman–Crippen MR) is 57.4 cm³/mol. The van der Waals surface area contributed by atoms with Gasteiger partial charge in [-0.15, -0.1) is 20.4 Å². The highest BCUT2D eigenvalue weighted by atomic mass is 127. The lowest BCUT2D eigenvalue weighted by Crippen LogP contribution is -1.93. The highest BCUT2D eigenvalue weighted by molar-refractivity contribution is 14.2. The number of hydrogen-bond acceptors (Lipinski definition) is 6. The number of hydrogen-bond donors (Lipinski definition) is 0. The first-order valence-corrected chi connectivity index (χ1v) is 8.73. The monoisotopic (exact) mass is 398 g/mol. The molecule has 0 amide bonds. The van der Waals surface area contributed by atoms with Gasteiger partial charge < -0.3 is 0 Å². The molecule has 10 heavy (non-hydrogen) atoms. The number of aromatic nitrogens is 4. The van der Waals surface area contributed by atoms with Crippen LogP contribution in [-0.2, 0) is 0 Å². The molecule has 8 heteroatoms. The Morgan fingerprint density at radius 1 is 0.800 bits per heavy atom. The lowest BCUT2D eigenvalue weighted by molar-refractivity contribution is 0.669. The van der Waals surface area contributed by atoms with E-state index < -0.39 is 0 Å². The van der Waals surface area contributed by atoms with Crippen molar-refractivity contribution in [2.24, 2.45) is 0 Å². The van der Waals surface area contributed by atoms with Crippen molar-refractivity contribution >= 4 is 60.3 Å². The smallest absolute Gasteiger partial charge is 0.118 e. The van der Waals surface area contributed by atoms with E-state index in [1.807, 2.05) is 0 Å². The molecule has 1 aromatic heterocycles. The molecule has 1 rings (SSSR count). The molecule has 0 spiro atoms. The number of nitrogens with zero attached hydrogens (tertiary/aromatic N) is 4. The molecular weight excluding hydrogens is 398 g/mol. The summed E-state index contributed by atoms with van der Waals surface area (Å²) in [6, 6.07) is 0. The molecule has 0 unspecified atom stereocenters. The number of halogens is 2. The predicted octanol–water partition coefficient (Wildman–Crippen LogP) is 2.15. The summed E-state index contributed by atoms with van der Waals surface area (Å²) < 4.78 is 0. The van der Waals surface area contributed by atoms with Crippen molar-refractivity contribution in [2.75, 3.05) is 0 Å². The zero-order chi connectivity index (χ0) is 7.40. The minimum absolute atomic E-state index is 0.592. The van der Waals surface area contributed by atoms with Gasteiger partial charge in [0.2, 0.25) is 10.3 Å². The second-order valence-corrected chi connectivity index (χ2v) is 4.80. The third-order valence-corrected chi connectivity index (χ3v) is 3.55. The highest BCUT2D eigenvalue weighted by Gasteiger charge is 1.98. The third kappa shape index (κ3) is 2.62. The third-order valence-electron chi connectivity index (χ3n) is 0.580. The maximum atomic E-state index is 3.77. The van der Waals surface area contributed by atoms with Gasteiger partial charge in [0.05, 0.1) is 0 Å². The van der Waals surface area contributed by atoms with Gasteiger partial charge in [-0.25, -0.2) is 0 Å². The summed E-state index contributed by atoms with van der Waals surface area (Å²) >= 11 is 4.16. The van der Waals surface area contributed by atoms with Crippen LogP contribution in [0, 0.1) is 0 Å². The molecule has 0 radical (unpaired) electrons. The largest absolute Gasteiger partial charge is 0.240 e. The van der Waals surface area contributed by atoms with Crippen molar-refractivity contribution < 1.29 is 0 Å². The molecule has 54 valence electrons. The fourth-order valence-electron chi connectivity index (χ4n) is 0.273. The van der Waals surface area contributed by atoms with E-state index in [1.165, 1.54) is 17.9 Å². The zero-order valence-electron chi connectivity index (χ0n) is 4.36. The summed E-state index contributed by atoms with van der Waals surface area (Å²) in [5.41, 5.74) is 0. The van der Waals surface area contributed by atoms with Crippen molar-refractivity contribution in [3.63, 3.8) is 0 Å². The van der Waals surface area contributed by atoms with Crippen LogP contribution in [0.2, 0.25) is 0 Å². The van der Waals surface area contributed by atoms with E-state index in [0.29, 0.717) is 10.3 Å². The van der Waals surface area contributed by atoms with Gasteiger partial charge in [0.25, 0.3) is 0 Å². The molecule has 0 N–H and O–H groups in total. The first kappa shape index (κ1) is 9.19. The molecular formula is C2I2N4S2. The van der Waals surface area contributed by atoms with Crippen LogP contribution in [0.15, 0.2) is 10.3 Å². The van der Waals surface area contributed by atoms with Crippen molar-refractivity contribution in [1.29, 1.82) is 0 Å². The van der Waals surface area contributed by atoms with Crippen LogP contribution in [0.1, 0.15) is 0 Å². The Bertz CT molecular complexity index is 180. The summed E-state index contributed by atoms with van der Waals surface area (Å²) in [6.07, 6.45) is 0. The summed E-state index contributed by atoms with van der Waals surface area (Å²) in [6.45, 7) is 0. The molecule has 0 bridgehead atoms. The molecule has 0 atom stereocenters. The molecule has 1 aromatic rings. The molecule has 0 aliphatic heterocycles. The standard InChI is InChI=1S/C2I2N4S2/c3-9-1-5-7-2(10-4)8-6-1. The number of rotatable bonds is 2. The van der Waals surface area contributed by atoms with Crippen molar-refractivity contribution in [3.8, 4) is 0 Å². The summed E-state index contributed by atoms with van der Waals surface area (Å²) in [5, 5.41) is 16.3. The van der Waals surface area contributed by atoms with Gasteiger partial charge in [0.15, 0.2) is 0 Å². The van der Waals surface area contributed by atoms with E-state index in [-0.39, 0.29) is 0 Å². The van der Waals surface area contributed by atoms with Crippen LogP contribution in [0.4, 0.5) is 0 Å². The minimum Gasteiger partial charge on any atom is -0.118 e. The van der Waals surface area contributed by atoms with E-state index >= 15 is 0 Å². The van der Waals surface area contributed by atoms with Gasteiger partial charge in [-0.2, -0.15) is 0 Å². The lowest BCUT2D eigenvalue weighted by Gasteiger charge is -1.89. The first-order chi connectivity index (χ1) is 4.86. The van der Waals surface area contributed by atoms with E-state index in [4.69, 9.17) is 0 Å². The molecule has 4 nitrogen and oxygen atoms in total. The summed E-state index contributed by atoms with van der Waals surface area (Å²) in [4.78, 5) is 0. The Hall–Kier alpha value is 1.10. The normalized spacial score (nSPS) is 9.80. The maximum absolute atomic E-state index is 3.77. The fourth-order valence-corrected chi connectivity index (χ4v) is 1.62. The minimum atomic E-state index is 0.592. The van der Waals surface area contributed by atoms with Crippen LogP contribution in [0.5, 0.6) is 0 Å². The van der Waals surface area contributed by atoms with Gasteiger partial charge in [-0.05, 0) is 17.9 Å². The molecule has 0 aromatic carbocycles. The average Bonchev–Trinajstić information content (AvgIpc) is 2.05. The van der Waals surface area contributed by atoms with Gasteiger partial charge >= 0.3 is 0 Å². The fraction of sp³-hybridized carbons (Fsp3) is 0. The summed E-state index contributed by atoms with van der Waals surface area (Å²) in [7, 11) is 2.80. The SMILES string of the molecule is ISc1nnc(SI)nn1. The Balaban J connectivity index is 2.80. The van der Waals surface area contributed by atoms with Crippen LogP contribution < -0.4 is 0 Å². The maximum Gasteiger partial charge on any atom is 0.240 e. The van der Waals surface area contributed by atoms with Crippen molar-refractivity contribution in [1.82, 2.24) is 20.4 Å². The Morgan fingerprint density at radius 2 is 1.10 bits per heavy atom. The average molecular weight is 398 g/mol. The van der Waals surface area contributed by atoms with Crippen molar-refractivity contribution in [3.05, 3.63) is 0 Å². The van der Waals surface area contributed by atoms with Crippen LogP contribution in [0.3, 0.4) is 0 Å². The Morgan fingerprint density at radius 3 is 1.30 bits per heavy atom. The Kier molecular flexibility index (Phi) is 4.48. The van der Waals surface area contributed by atoms with Gasteiger partial charge in [-0.3, -0.25) is 0 Å². The lowest BCUT2D eigenvalue weighted by atomic mass is 11.3. The van der Waals surface area contributed by atoms with Gasteiger partial charge in [-0.1, -0.05) is 0 Å². The van der Waals surface area contributed by atoms with E-state index in [2.05, 4.69) is 62.8 Å². The zero-order valence-corrected chi connectivity index (χ0v) is 10.3. The first-order valence-electron chi connectivity index (χ1n) is 2.01. The quantitative estimate of drug-likeness (QED) is 0.713. The molecule has 0 aliphatic rings. The molecule has 0 saturated heterocycles. The molecule has 0 aliphatic carbocycles. The second kappa shape index (κ2) is 4.87. The molecule has 0 saturated carbocycles. The highest BCUT2D eigenvalue weighted by Crippen LogP contribution is 2.21. The second-order valence-electron chi connectivity index (χ2n) is 1.12. The van der Waals surface area contributed by atoms with Gasteiger partial charge in [0.1, 0.15) is 0 Å². The van der Waals surface area contributed by atoms with E-state index in [0.717, 1.165) is 0 Å². The molecule has 1 heterocycles. The van der Waals surface area contributed by atoms with E-state index in [1.54, 1.807) is 0 Å². The van der Waals surface area contributed by atoms with Crippen LogP contribution >= 0.6 is 60.3 Å². The molecule has 0 fully saturated rings. The Labute approximate surface area is 89.9 Å². The topological polar surface area (TPSA) is 51.6 Å². The van der Waals surface area contributed by atoms with E-state index in [9.17, 15) is 0 Å². The summed E-state index contributed by atoms with van der Waals surface area (Å²) in [5.74, 6) is 0.